The molecule has 0 radical (unpaired) electrons. The molecule has 5 heteroatoms. The lowest BCUT2D eigenvalue weighted by Crippen LogP contribution is -2.21. The van der Waals surface area contributed by atoms with Crippen LogP contribution in [-0.4, -0.2) is 18.8 Å². The van der Waals surface area contributed by atoms with E-state index < -0.39 is 0 Å². The highest BCUT2D eigenvalue weighted by molar-refractivity contribution is 5.81. The fourth-order valence-electron chi connectivity index (χ4n) is 2.62. The summed E-state index contributed by atoms with van der Waals surface area (Å²) in [5.41, 5.74) is 12.5. The molecule has 5 nitrogen and oxygen atoms in total. The van der Waals surface area contributed by atoms with Crippen molar-refractivity contribution in [2.45, 2.75) is 38.7 Å². The number of benzene rings is 1. The van der Waals surface area contributed by atoms with Crippen LogP contribution in [0.5, 0.6) is 0 Å². The highest BCUT2D eigenvalue weighted by Gasteiger charge is 2.13. The van der Waals surface area contributed by atoms with Crippen LogP contribution in [0.2, 0.25) is 0 Å². The fraction of sp³-hybridized carbons (Fsp3) is 0.500. The number of nitrogens with zero attached hydrogens (tertiary/aromatic N) is 2. The van der Waals surface area contributed by atoms with E-state index in [-0.39, 0.29) is 5.96 Å². The molecule has 0 saturated heterocycles. The summed E-state index contributed by atoms with van der Waals surface area (Å²) in [7, 11) is 0. The molecule has 0 atom stereocenters. The van der Waals surface area contributed by atoms with Crippen LogP contribution < -0.4 is 11.5 Å². The highest BCUT2D eigenvalue weighted by atomic mass is 16.5. The van der Waals surface area contributed by atoms with Gasteiger partial charge in [0, 0.05) is 6.61 Å². The zero-order chi connectivity index (χ0) is 14.9. The van der Waals surface area contributed by atoms with E-state index in [1.165, 1.54) is 32.1 Å². The lowest BCUT2D eigenvalue weighted by atomic mass is 9.90. The molecule has 0 spiro atoms. The second-order valence-corrected chi connectivity index (χ2v) is 5.53. The Balaban J connectivity index is 1.80. The first-order valence-electron chi connectivity index (χ1n) is 7.52. The predicted molar refractivity (Wildman–Crippen MR) is 86.1 cm³/mol. The van der Waals surface area contributed by atoms with Crippen molar-refractivity contribution in [2.24, 2.45) is 27.6 Å². The van der Waals surface area contributed by atoms with Crippen LogP contribution in [0.4, 0.5) is 0 Å². The lowest BCUT2D eigenvalue weighted by Gasteiger charge is -2.21. The Labute approximate surface area is 126 Å². The van der Waals surface area contributed by atoms with Crippen molar-refractivity contribution in [3.8, 4) is 0 Å². The molecule has 0 aliphatic heterocycles. The Morgan fingerprint density at radius 3 is 2.81 bits per heavy atom. The quantitative estimate of drug-likeness (QED) is 0.479. The monoisotopic (exact) mass is 288 g/mol. The van der Waals surface area contributed by atoms with Crippen molar-refractivity contribution < 1.29 is 4.74 Å². The molecule has 1 aromatic carbocycles. The molecule has 1 aliphatic rings. The summed E-state index contributed by atoms with van der Waals surface area (Å²) >= 11 is 0. The van der Waals surface area contributed by atoms with Gasteiger partial charge in [-0.1, -0.05) is 37.5 Å². The molecule has 1 aliphatic carbocycles. The van der Waals surface area contributed by atoms with Gasteiger partial charge in [0.25, 0.3) is 0 Å². The van der Waals surface area contributed by atoms with Crippen molar-refractivity contribution in [3.63, 3.8) is 0 Å². The molecule has 0 amide bonds. The summed E-state index contributed by atoms with van der Waals surface area (Å²) in [4.78, 5) is 0. The van der Waals surface area contributed by atoms with E-state index in [0.29, 0.717) is 6.61 Å². The summed E-state index contributed by atoms with van der Waals surface area (Å²) in [6.45, 7) is 1.51. The van der Waals surface area contributed by atoms with E-state index in [4.69, 9.17) is 16.2 Å². The average molecular weight is 288 g/mol. The molecule has 0 heterocycles. The Morgan fingerprint density at radius 1 is 1.24 bits per heavy atom. The van der Waals surface area contributed by atoms with Crippen LogP contribution in [0.1, 0.15) is 43.2 Å². The standard InChI is InChI=1S/C16H24N4O/c17-16(18)20-19-10-14-7-4-8-15(9-14)12-21-11-13-5-2-1-3-6-13/h4,7-10,13H,1-3,5-6,11-12H2,(H4,17,18,20). The smallest absolute Gasteiger partial charge is 0.211 e. The second-order valence-electron chi connectivity index (χ2n) is 5.53. The first-order chi connectivity index (χ1) is 10.2. The van der Waals surface area contributed by atoms with Crippen LogP contribution in [0.3, 0.4) is 0 Å². The molecule has 1 fully saturated rings. The fourth-order valence-corrected chi connectivity index (χ4v) is 2.62. The normalized spacial score (nSPS) is 16.2. The van der Waals surface area contributed by atoms with Crippen molar-refractivity contribution in [3.05, 3.63) is 35.4 Å². The summed E-state index contributed by atoms with van der Waals surface area (Å²) in [5.74, 6) is 0.698. The molecule has 1 aromatic rings. The van der Waals surface area contributed by atoms with Crippen molar-refractivity contribution in [2.75, 3.05) is 6.61 Å². The van der Waals surface area contributed by atoms with Crippen molar-refractivity contribution >= 4 is 12.2 Å². The van der Waals surface area contributed by atoms with Crippen LogP contribution in [0, 0.1) is 5.92 Å². The molecule has 2 rings (SSSR count). The third-order valence-corrected chi connectivity index (χ3v) is 3.68. The van der Waals surface area contributed by atoms with Gasteiger partial charge in [0.05, 0.1) is 12.8 Å². The number of hydrogen-bond donors (Lipinski definition) is 2. The second kappa shape index (κ2) is 8.42. The number of ether oxygens (including phenoxy) is 1. The lowest BCUT2D eigenvalue weighted by molar-refractivity contribution is 0.0739. The first kappa shape index (κ1) is 15.5. The molecule has 114 valence electrons. The zero-order valence-electron chi connectivity index (χ0n) is 12.4. The van der Waals surface area contributed by atoms with Crippen LogP contribution in [0.25, 0.3) is 0 Å². The van der Waals surface area contributed by atoms with Crippen molar-refractivity contribution in [1.29, 1.82) is 0 Å². The number of guanidine groups is 1. The SMILES string of the molecule is NC(N)=NN=Cc1cccc(COCC2CCCCC2)c1. The zero-order valence-corrected chi connectivity index (χ0v) is 12.4. The van der Waals surface area contributed by atoms with Crippen molar-refractivity contribution in [1.82, 2.24) is 0 Å². The minimum atomic E-state index is -0.0433. The molecule has 0 bridgehead atoms. The van der Waals surface area contributed by atoms with Crippen LogP contribution in [-0.2, 0) is 11.3 Å². The van der Waals surface area contributed by atoms with Gasteiger partial charge in [0.1, 0.15) is 0 Å². The maximum Gasteiger partial charge on any atom is 0.211 e. The van der Waals surface area contributed by atoms with E-state index in [1.54, 1.807) is 6.21 Å². The summed E-state index contributed by atoms with van der Waals surface area (Å²) in [6.07, 6.45) is 8.34. The van der Waals surface area contributed by atoms with E-state index in [9.17, 15) is 0 Å². The van der Waals surface area contributed by atoms with Gasteiger partial charge in [-0.15, -0.1) is 5.10 Å². The maximum absolute atomic E-state index is 5.84. The molecule has 4 N–H and O–H groups in total. The summed E-state index contributed by atoms with van der Waals surface area (Å²) < 4.78 is 5.84. The Bertz CT molecular complexity index is 489. The number of rotatable bonds is 6. The minimum Gasteiger partial charge on any atom is -0.376 e. The number of hydrogen-bond acceptors (Lipinski definition) is 3. The Kier molecular flexibility index (Phi) is 6.22. The van der Waals surface area contributed by atoms with Gasteiger partial charge in [0.15, 0.2) is 0 Å². The molecule has 21 heavy (non-hydrogen) atoms. The summed E-state index contributed by atoms with van der Waals surface area (Å²) in [6, 6.07) is 8.03. The van der Waals surface area contributed by atoms with E-state index in [0.717, 1.165) is 23.7 Å². The average Bonchev–Trinajstić information content (AvgIpc) is 2.48. The van der Waals surface area contributed by atoms with E-state index in [1.807, 2.05) is 18.2 Å². The van der Waals surface area contributed by atoms with Crippen LogP contribution in [0.15, 0.2) is 34.5 Å². The highest BCUT2D eigenvalue weighted by Crippen LogP contribution is 2.23. The predicted octanol–water partition coefficient (Wildman–Crippen LogP) is 2.39. The Morgan fingerprint density at radius 2 is 2.05 bits per heavy atom. The van der Waals surface area contributed by atoms with Gasteiger partial charge in [-0.3, -0.25) is 0 Å². The molecule has 0 aromatic heterocycles. The van der Waals surface area contributed by atoms with E-state index >= 15 is 0 Å². The topological polar surface area (TPSA) is 86.0 Å². The number of nitrogens with two attached hydrogens (primary N) is 2. The third-order valence-electron chi connectivity index (χ3n) is 3.68. The van der Waals surface area contributed by atoms with Crippen LogP contribution >= 0.6 is 0 Å². The molecule has 1 saturated carbocycles. The first-order valence-corrected chi connectivity index (χ1v) is 7.52. The van der Waals surface area contributed by atoms with Gasteiger partial charge < -0.3 is 16.2 Å². The van der Waals surface area contributed by atoms with E-state index in [2.05, 4.69) is 16.3 Å². The Hall–Kier alpha value is -1.88. The largest absolute Gasteiger partial charge is 0.376 e. The molecule has 0 unspecified atom stereocenters. The minimum absolute atomic E-state index is 0.0433. The molecular formula is C16H24N4O. The third kappa shape index (κ3) is 5.95. The van der Waals surface area contributed by atoms with Gasteiger partial charge in [0.2, 0.25) is 5.96 Å². The van der Waals surface area contributed by atoms with Gasteiger partial charge >= 0.3 is 0 Å². The van der Waals surface area contributed by atoms with Gasteiger partial charge in [-0.25, -0.2) is 0 Å². The molecular weight excluding hydrogens is 264 g/mol. The van der Waals surface area contributed by atoms with Gasteiger partial charge in [-0.05, 0) is 36.0 Å². The van der Waals surface area contributed by atoms with Gasteiger partial charge in [-0.2, -0.15) is 5.10 Å². The maximum atomic E-state index is 5.84. The summed E-state index contributed by atoms with van der Waals surface area (Å²) in [5, 5.41) is 7.39.